The van der Waals surface area contributed by atoms with Crippen LogP contribution in [0.15, 0.2) is 0 Å². The lowest BCUT2D eigenvalue weighted by atomic mass is 10.9. The van der Waals surface area contributed by atoms with Crippen LogP contribution in [0.25, 0.3) is 0 Å². The normalized spacial score (nSPS) is 12.3. The largest absolute Gasteiger partial charge is 0.345 e. The van der Waals surface area contributed by atoms with Crippen molar-refractivity contribution in [2.24, 2.45) is 0 Å². The van der Waals surface area contributed by atoms with Gasteiger partial charge in [-0.05, 0) is 39.5 Å². The highest BCUT2D eigenvalue weighted by Crippen LogP contribution is 2.54. The Morgan fingerprint density at radius 2 is 1.27 bits per heavy atom. The highest BCUT2D eigenvalue weighted by atomic mass is 32.5. The molecule has 0 aliphatic heterocycles. The van der Waals surface area contributed by atoms with Crippen molar-refractivity contribution in [1.29, 1.82) is 0 Å². The van der Waals surface area contributed by atoms with E-state index in [1.165, 1.54) is 0 Å². The fourth-order valence-electron chi connectivity index (χ4n) is 1.03. The summed E-state index contributed by atoms with van der Waals surface area (Å²) < 4.78 is 21.8. The van der Waals surface area contributed by atoms with E-state index in [1.54, 1.807) is 0 Å². The monoisotopic (exact) mass is 256 g/mol. The van der Waals surface area contributed by atoms with Gasteiger partial charge >= 0.3 is 0 Å². The van der Waals surface area contributed by atoms with Crippen LogP contribution in [0.5, 0.6) is 0 Å². The van der Waals surface area contributed by atoms with Gasteiger partial charge in [0.15, 0.2) is 0 Å². The second kappa shape index (κ2) is 8.62. The topological polar surface area (TPSA) is 36.9 Å². The van der Waals surface area contributed by atoms with Gasteiger partial charge in [0.1, 0.15) is 0 Å². The van der Waals surface area contributed by atoms with E-state index in [0.29, 0.717) is 26.4 Å². The minimum atomic E-state index is -2.47. The Balaban J connectivity index is 4.56. The van der Waals surface area contributed by atoms with Gasteiger partial charge in [0.25, 0.3) is 0 Å². The van der Waals surface area contributed by atoms with E-state index in [1.807, 2.05) is 27.7 Å². The van der Waals surface area contributed by atoms with Crippen molar-refractivity contribution in [1.82, 2.24) is 0 Å². The van der Waals surface area contributed by atoms with Crippen molar-refractivity contribution in [3.63, 3.8) is 0 Å². The van der Waals surface area contributed by atoms with Crippen LogP contribution in [0.3, 0.4) is 0 Å². The SMILES string of the molecule is CCOC(OCC)P(=S)(OCC)OCC. The molecule has 0 aromatic carbocycles. The molecule has 0 saturated heterocycles. The van der Waals surface area contributed by atoms with E-state index in [4.69, 9.17) is 30.3 Å². The molecule has 0 radical (unpaired) electrons. The Hall–Kier alpha value is 0.490. The first kappa shape index (κ1) is 15.5. The van der Waals surface area contributed by atoms with Crippen molar-refractivity contribution in [2.75, 3.05) is 26.4 Å². The van der Waals surface area contributed by atoms with Crippen molar-refractivity contribution in [3.05, 3.63) is 0 Å². The van der Waals surface area contributed by atoms with E-state index in [2.05, 4.69) is 0 Å². The summed E-state index contributed by atoms with van der Waals surface area (Å²) in [5.41, 5.74) is 0. The minimum Gasteiger partial charge on any atom is -0.345 e. The molecule has 0 N–H and O–H groups in total. The first-order valence-corrected chi connectivity index (χ1v) is 7.97. The Kier molecular flexibility index (Phi) is 8.90. The summed E-state index contributed by atoms with van der Waals surface area (Å²) in [5, 5.41) is 0. The Bertz CT molecular complexity index is 185. The third-order valence-corrected chi connectivity index (χ3v) is 4.69. The molecular weight excluding hydrogens is 235 g/mol. The average Bonchev–Trinajstić information content (AvgIpc) is 2.18. The number of hydrogen-bond acceptors (Lipinski definition) is 5. The molecule has 15 heavy (non-hydrogen) atoms. The molecule has 0 bridgehead atoms. The number of hydrogen-bond donors (Lipinski definition) is 0. The Morgan fingerprint density at radius 3 is 1.53 bits per heavy atom. The van der Waals surface area contributed by atoms with E-state index < -0.39 is 12.5 Å². The first-order chi connectivity index (χ1) is 7.14. The smallest absolute Gasteiger partial charge is 0.245 e. The van der Waals surface area contributed by atoms with E-state index in [0.717, 1.165) is 0 Å². The second-order valence-corrected chi connectivity index (χ2v) is 6.14. The van der Waals surface area contributed by atoms with Crippen molar-refractivity contribution >= 4 is 18.3 Å². The maximum atomic E-state index is 5.49. The maximum Gasteiger partial charge on any atom is 0.245 e. The molecule has 0 atom stereocenters. The van der Waals surface area contributed by atoms with E-state index in [9.17, 15) is 0 Å². The van der Waals surface area contributed by atoms with Crippen LogP contribution in [0.1, 0.15) is 27.7 Å². The van der Waals surface area contributed by atoms with Gasteiger partial charge in [-0.15, -0.1) is 0 Å². The molecule has 0 rings (SSSR count). The third kappa shape index (κ3) is 5.38. The fourth-order valence-corrected chi connectivity index (χ4v) is 3.73. The van der Waals surface area contributed by atoms with Crippen molar-refractivity contribution in [2.45, 2.75) is 33.7 Å². The first-order valence-electron chi connectivity index (χ1n) is 5.26. The van der Waals surface area contributed by atoms with Crippen molar-refractivity contribution in [3.8, 4) is 0 Å². The van der Waals surface area contributed by atoms with Crippen LogP contribution >= 0.6 is 6.49 Å². The molecule has 0 unspecified atom stereocenters. The Morgan fingerprint density at radius 1 is 0.867 bits per heavy atom. The zero-order valence-electron chi connectivity index (χ0n) is 9.89. The van der Waals surface area contributed by atoms with Crippen molar-refractivity contribution < 1.29 is 18.5 Å². The van der Waals surface area contributed by atoms with Gasteiger partial charge in [-0.2, -0.15) is 0 Å². The van der Waals surface area contributed by atoms with Gasteiger partial charge < -0.3 is 18.5 Å². The molecular formula is C9H21O4PS. The predicted octanol–water partition coefficient (Wildman–Crippen LogP) is 2.73. The number of ether oxygens (including phenoxy) is 2. The van der Waals surface area contributed by atoms with Crippen LogP contribution in [-0.2, 0) is 30.3 Å². The zero-order valence-corrected chi connectivity index (χ0v) is 11.6. The summed E-state index contributed by atoms with van der Waals surface area (Å²) >= 11 is 5.37. The quantitative estimate of drug-likeness (QED) is 0.468. The number of rotatable bonds is 9. The molecule has 0 saturated carbocycles. The minimum absolute atomic E-state index is 0.508. The lowest BCUT2D eigenvalue weighted by Gasteiger charge is -2.28. The summed E-state index contributed by atoms with van der Waals surface area (Å²) in [5.74, 6) is 0. The van der Waals surface area contributed by atoms with Crippen LogP contribution in [-0.4, -0.2) is 32.5 Å². The van der Waals surface area contributed by atoms with Gasteiger partial charge in [-0.25, -0.2) is 0 Å². The molecule has 92 valence electrons. The standard InChI is InChI=1S/C9H21O4PS/c1-5-10-9(11-6-2)14(15,12-7-3)13-8-4/h9H,5-8H2,1-4H3. The molecule has 0 aliphatic rings. The highest BCUT2D eigenvalue weighted by Gasteiger charge is 2.31. The van der Waals surface area contributed by atoms with Crippen LogP contribution in [0, 0.1) is 0 Å². The zero-order chi connectivity index (χ0) is 11.7. The van der Waals surface area contributed by atoms with E-state index in [-0.39, 0.29) is 0 Å². The summed E-state index contributed by atoms with van der Waals surface area (Å²) in [6, 6.07) is -0.553. The molecule has 0 aliphatic carbocycles. The maximum absolute atomic E-state index is 5.49. The predicted molar refractivity (Wildman–Crippen MR) is 64.6 cm³/mol. The van der Waals surface area contributed by atoms with E-state index >= 15 is 0 Å². The van der Waals surface area contributed by atoms with Crippen LogP contribution < -0.4 is 0 Å². The average molecular weight is 256 g/mol. The Labute approximate surface area is 97.4 Å². The summed E-state index contributed by atoms with van der Waals surface area (Å²) in [6.45, 7) is 7.16. The highest BCUT2D eigenvalue weighted by molar-refractivity contribution is 8.10. The van der Waals surface area contributed by atoms with Crippen LogP contribution in [0.2, 0.25) is 0 Å². The summed E-state index contributed by atoms with van der Waals surface area (Å²) in [4.78, 5) is 0. The molecule has 0 spiro atoms. The molecule has 0 aromatic rings. The lowest BCUT2D eigenvalue weighted by molar-refractivity contribution is -0.0917. The second-order valence-electron chi connectivity index (χ2n) is 2.59. The van der Waals surface area contributed by atoms with Gasteiger partial charge in [-0.1, -0.05) is 0 Å². The molecule has 0 fully saturated rings. The van der Waals surface area contributed by atoms with Gasteiger partial charge in [0.05, 0.1) is 13.2 Å². The van der Waals surface area contributed by atoms with Gasteiger partial charge in [-0.3, -0.25) is 0 Å². The fraction of sp³-hybridized carbons (Fsp3) is 1.00. The molecule has 0 amide bonds. The molecule has 6 heteroatoms. The molecule has 0 aromatic heterocycles. The molecule has 4 nitrogen and oxygen atoms in total. The molecule has 0 heterocycles. The lowest BCUT2D eigenvalue weighted by Crippen LogP contribution is -2.20. The summed E-state index contributed by atoms with van der Waals surface area (Å²) in [6.07, 6.45) is 0. The summed E-state index contributed by atoms with van der Waals surface area (Å²) in [7, 11) is 0. The third-order valence-electron chi connectivity index (χ3n) is 1.49. The van der Waals surface area contributed by atoms with Gasteiger partial charge in [0, 0.05) is 13.2 Å². The van der Waals surface area contributed by atoms with Gasteiger partial charge in [0.2, 0.25) is 12.5 Å². The van der Waals surface area contributed by atoms with Crippen LogP contribution in [0.4, 0.5) is 0 Å².